The van der Waals surface area contributed by atoms with Crippen molar-refractivity contribution in [1.29, 1.82) is 0 Å². The summed E-state index contributed by atoms with van der Waals surface area (Å²) < 4.78 is 11.4. The number of nitrogens with one attached hydrogen (secondary N) is 1. The van der Waals surface area contributed by atoms with E-state index in [1.807, 2.05) is 69.3 Å². The molecule has 3 amide bonds. The summed E-state index contributed by atoms with van der Waals surface area (Å²) in [5.74, 6) is 0.225. The summed E-state index contributed by atoms with van der Waals surface area (Å²) >= 11 is 0.912. The van der Waals surface area contributed by atoms with E-state index in [-0.39, 0.29) is 30.2 Å². The van der Waals surface area contributed by atoms with Gasteiger partial charge in [-0.05, 0) is 74.0 Å². The zero-order valence-corrected chi connectivity index (χ0v) is 21.8. The summed E-state index contributed by atoms with van der Waals surface area (Å²) in [5.41, 5.74) is 4.48. The highest BCUT2D eigenvalue weighted by Crippen LogP contribution is 2.35. The van der Waals surface area contributed by atoms with Gasteiger partial charge in [0.25, 0.3) is 17.1 Å². The molecule has 8 heteroatoms. The number of carbonyl (C=O) groups is 3. The number of amides is 3. The van der Waals surface area contributed by atoms with Gasteiger partial charge in [0, 0.05) is 5.69 Å². The number of benzene rings is 3. The first-order valence-electron chi connectivity index (χ1n) is 11.9. The fourth-order valence-electron chi connectivity index (χ4n) is 3.64. The summed E-state index contributed by atoms with van der Waals surface area (Å²) in [6.45, 7) is 6.23. The molecule has 0 radical (unpaired) electrons. The van der Waals surface area contributed by atoms with E-state index in [0.717, 1.165) is 28.5 Å². The lowest BCUT2D eigenvalue weighted by molar-refractivity contribution is -0.123. The molecule has 1 aliphatic rings. The highest BCUT2D eigenvalue weighted by Gasteiger charge is 2.35. The molecule has 1 fully saturated rings. The van der Waals surface area contributed by atoms with Gasteiger partial charge in [0.05, 0.1) is 18.1 Å². The minimum absolute atomic E-state index is 0.189. The van der Waals surface area contributed by atoms with E-state index in [2.05, 4.69) is 5.32 Å². The van der Waals surface area contributed by atoms with Crippen LogP contribution in [-0.4, -0.2) is 35.2 Å². The molecule has 7 nitrogen and oxygen atoms in total. The Balaban J connectivity index is 1.43. The molecule has 3 aromatic carbocycles. The van der Waals surface area contributed by atoms with Gasteiger partial charge >= 0.3 is 0 Å². The van der Waals surface area contributed by atoms with E-state index >= 15 is 0 Å². The fraction of sp³-hybridized carbons (Fsp3) is 0.207. The Morgan fingerprint density at radius 2 is 1.59 bits per heavy atom. The Morgan fingerprint density at radius 1 is 0.919 bits per heavy atom. The molecular weight excluding hydrogens is 488 g/mol. The number of imide groups is 1. The average Bonchev–Trinajstić information content (AvgIpc) is 3.13. The molecule has 1 heterocycles. The number of hydrogen-bond donors (Lipinski definition) is 1. The number of aryl methyl sites for hydroxylation is 2. The third-order valence-electron chi connectivity index (χ3n) is 5.59. The molecule has 1 saturated heterocycles. The third-order valence-corrected chi connectivity index (χ3v) is 6.50. The van der Waals surface area contributed by atoms with Gasteiger partial charge in [0.2, 0.25) is 0 Å². The molecule has 1 N–H and O–H groups in total. The number of ether oxygens (including phenoxy) is 2. The second-order valence-electron chi connectivity index (χ2n) is 8.60. The van der Waals surface area contributed by atoms with Crippen LogP contribution in [0.1, 0.15) is 29.2 Å². The average molecular weight is 517 g/mol. The minimum atomic E-state index is -0.332. The normalized spacial score (nSPS) is 14.2. The van der Waals surface area contributed by atoms with Crippen molar-refractivity contribution < 1.29 is 23.9 Å². The minimum Gasteiger partial charge on any atom is -0.490 e. The summed E-state index contributed by atoms with van der Waals surface area (Å²) in [6.07, 6.45) is 1.66. The van der Waals surface area contributed by atoms with Crippen LogP contribution in [0.5, 0.6) is 11.5 Å². The Kier molecular flexibility index (Phi) is 8.30. The SMILES string of the molecule is CCOc1cc(C=C2SC(=O)N(Cc3ccc(C)cc3)C2=O)ccc1OCC(=O)Nc1ccc(C)cc1. The summed E-state index contributed by atoms with van der Waals surface area (Å²) in [5, 5.41) is 2.49. The van der Waals surface area contributed by atoms with Gasteiger partial charge < -0.3 is 14.8 Å². The van der Waals surface area contributed by atoms with Crippen LogP contribution >= 0.6 is 11.8 Å². The van der Waals surface area contributed by atoms with E-state index in [1.165, 1.54) is 4.90 Å². The highest BCUT2D eigenvalue weighted by atomic mass is 32.2. The van der Waals surface area contributed by atoms with Gasteiger partial charge in [0.15, 0.2) is 18.1 Å². The van der Waals surface area contributed by atoms with Crippen molar-refractivity contribution >= 4 is 40.6 Å². The van der Waals surface area contributed by atoms with Crippen molar-refractivity contribution in [2.75, 3.05) is 18.5 Å². The standard InChI is InChI=1S/C29H28N2O5S/c1-4-35-25-15-22(11-14-24(25)36-18-27(32)30-23-12-7-20(3)8-13-23)16-26-28(33)31(29(34)37-26)17-21-9-5-19(2)6-10-21/h5-16H,4,17-18H2,1-3H3,(H,30,32). The van der Waals surface area contributed by atoms with E-state index in [4.69, 9.17) is 9.47 Å². The largest absolute Gasteiger partial charge is 0.490 e. The Labute approximate surface area is 220 Å². The van der Waals surface area contributed by atoms with Crippen LogP contribution in [0.3, 0.4) is 0 Å². The van der Waals surface area contributed by atoms with Crippen molar-refractivity contribution in [2.24, 2.45) is 0 Å². The second-order valence-corrected chi connectivity index (χ2v) is 9.59. The van der Waals surface area contributed by atoms with Crippen LogP contribution in [0.25, 0.3) is 6.08 Å². The number of nitrogens with zero attached hydrogens (tertiary/aromatic N) is 1. The first-order chi connectivity index (χ1) is 17.8. The zero-order valence-electron chi connectivity index (χ0n) is 20.9. The van der Waals surface area contributed by atoms with E-state index < -0.39 is 0 Å². The van der Waals surface area contributed by atoms with Gasteiger partial charge in [-0.3, -0.25) is 19.3 Å². The molecule has 0 unspecified atom stereocenters. The monoisotopic (exact) mass is 516 g/mol. The molecule has 0 atom stereocenters. The zero-order chi connectivity index (χ0) is 26.4. The first-order valence-corrected chi connectivity index (χ1v) is 12.7. The van der Waals surface area contributed by atoms with Crippen LogP contribution in [0.15, 0.2) is 71.6 Å². The number of rotatable bonds is 9. The van der Waals surface area contributed by atoms with Crippen LogP contribution < -0.4 is 14.8 Å². The maximum Gasteiger partial charge on any atom is 0.293 e. The Morgan fingerprint density at radius 3 is 2.27 bits per heavy atom. The van der Waals surface area contributed by atoms with E-state index in [0.29, 0.717) is 34.3 Å². The van der Waals surface area contributed by atoms with E-state index in [9.17, 15) is 14.4 Å². The molecule has 0 aliphatic carbocycles. The van der Waals surface area contributed by atoms with Gasteiger partial charge in [0.1, 0.15) is 0 Å². The van der Waals surface area contributed by atoms with Crippen LogP contribution in [0, 0.1) is 13.8 Å². The molecule has 3 aromatic rings. The van der Waals surface area contributed by atoms with Crippen molar-refractivity contribution in [3.05, 3.63) is 93.9 Å². The quantitative estimate of drug-likeness (QED) is 0.354. The summed E-state index contributed by atoms with van der Waals surface area (Å²) in [6, 6.07) is 20.4. The lowest BCUT2D eigenvalue weighted by Gasteiger charge is -2.13. The summed E-state index contributed by atoms with van der Waals surface area (Å²) in [4.78, 5) is 39.4. The van der Waals surface area contributed by atoms with Crippen molar-refractivity contribution in [3.8, 4) is 11.5 Å². The lowest BCUT2D eigenvalue weighted by Crippen LogP contribution is -2.27. The van der Waals surface area contributed by atoms with Gasteiger partial charge in [-0.15, -0.1) is 0 Å². The van der Waals surface area contributed by atoms with Gasteiger partial charge in [-0.25, -0.2) is 0 Å². The van der Waals surface area contributed by atoms with Crippen molar-refractivity contribution in [3.63, 3.8) is 0 Å². The molecule has 0 spiro atoms. The first kappa shape index (κ1) is 26.0. The van der Waals surface area contributed by atoms with Crippen LogP contribution in [0.4, 0.5) is 10.5 Å². The maximum atomic E-state index is 12.9. The van der Waals surface area contributed by atoms with Crippen molar-refractivity contribution in [2.45, 2.75) is 27.3 Å². The van der Waals surface area contributed by atoms with Crippen molar-refractivity contribution in [1.82, 2.24) is 4.90 Å². The highest BCUT2D eigenvalue weighted by molar-refractivity contribution is 8.18. The second kappa shape index (κ2) is 11.8. The smallest absolute Gasteiger partial charge is 0.293 e. The number of thioether (sulfide) groups is 1. The fourth-order valence-corrected chi connectivity index (χ4v) is 4.48. The molecule has 0 bridgehead atoms. The van der Waals surface area contributed by atoms with E-state index in [1.54, 1.807) is 24.3 Å². The predicted octanol–water partition coefficient (Wildman–Crippen LogP) is 5.96. The Bertz CT molecular complexity index is 1330. The number of hydrogen-bond acceptors (Lipinski definition) is 6. The molecule has 4 rings (SSSR count). The molecule has 0 aromatic heterocycles. The van der Waals surface area contributed by atoms with Gasteiger partial charge in [-0.2, -0.15) is 0 Å². The number of anilines is 1. The molecule has 37 heavy (non-hydrogen) atoms. The topological polar surface area (TPSA) is 84.9 Å². The molecule has 0 saturated carbocycles. The summed E-state index contributed by atoms with van der Waals surface area (Å²) in [7, 11) is 0. The maximum absolute atomic E-state index is 12.9. The lowest BCUT2D eigenvalue weighted by atomic mass is 10.1. The van der Waals surface area contributed by atoms with Crippen LogP contribution in [0.2, 0.25) is 0 Å². The number of carbonyl (C=O) groups excluding carboxylic acids is 3. The third kappa shape index (κ3) is 6.80. The van der Waals surface area contributed by atoms with Gasteiger partial charge in [-0.1, -0.05) is 53.6 Å². The molecule has 190 valence electrons. The molecule has 1 aliphatic heterocycles. The Hall–Kier alpha value is -4.04. The predicted molar refractivity (Wildman–Crippen MR) is 146 cm³/mol. The molecular formula is C29H28N2O5S. The van der Waals surface area contributed by atoms with Crippen LogP contribution in [-0.2, 0) is 16.1 Å².